The number of anilines is 1. The molecule has 132 valence electrons. The van der Waals surface area contributed by atoms with E-state index in [0.29, 0.717) is 5.75 Å². The van der Waals surface area contributed by atoms with Gasteiger partial charge < -0.3 is 4.74 Å². The van der Waals surface area contributed by atoms with Crippen LogP contribution in [0, 0.1) is 10.1 Å². The first-order valence-corrected chi connectivity index (χ1v) is 8.73. The quantitative estimate of drug-likeness (QED) is 0.521. The van der Waals surface area contributed by atoms with E-state index in [4.69, 9.17) is 4.74 Å². The van der Waals surface area contributed by atoms with Crippen molar-refractivity contribution in [2.75, 3.05) is 4.72 Å². The van der Waals surface area contributed by atoms with Crippen LogP contribution in [-0.4, -0.2) is 23.3 Å². The molecular weight excluding hydrogens is 360 g/mol. The van der Waals surface area contributed by atoms with Gasteiger partial charge in [-0.3, -0.25) is 19.8 Å². The fourth-order valence-corrected chi connectivity index (χ4v) is 3.09. The second-order valence-electron chi connectivity index (χ2n) is 5.03. The first-order chi connectivity index (χ1) is 12.4. The normalized spacial score (nSPS) is 10.9. The number of sulfonamides is 1. The van der Waals surface area contributed by atoms with Gasteiger partial charge >= 0.3 is 0 Å². The molecule has 1 heterocycles. The SMILES string of the molecule is O=[N+]([O-])c1ccc(S(=O)(=O)Nc2cccc(Oc3cnccn3)c2)cc1. The first kappa shape index (κ1) is 17.3. The molecule has 0 atom stereocenters. The lowest BCUT2D eigenvalue weighted by atomic mass is 10.3. The Hall–Kier alpha value is -3.53. The molecule has 0 aliphatic heterocycles. The lowest BCUT2D eigenvalue weighted by Gasteiger charge is -2.10. The van der Waals surface area contributed by atoms with Crippen LogP contribution < -0.4 is 9.46 Å². The van der Waals surface area contributed by atoms with Crippen LogP contribution in [0.4, 0.5) is 11.4 Å². The molecule has 0 saturated heterocycles. The van der Waals surface area contributed by atoms with Crippen LogP contribution in [0.25, 0.3) is 0 Å². The van der Waals surface area contributed by atoms with Crippen LogP contribution in [0.1, 0.15) is 0 Å². The van der Waals surface area contributed by atoms with Gasteiger partial charge in [-0.25, -0.2) is 13.4 Å². The monoisotopic (exact) mass is 372 g/mol. The van der Waals surface area contributed by atoms with Gasteiger partial charge in [0, 0.05) is 30.6 Å². The summed E-state index contributed by atoms with van der Waals surface area (Å²) in [5.41, 5.74) is 0.0769. The molecule has 0 radical (unpaired) electrons. The minimum atomic E-state index is -3.90. The zero-order valence-electron chi connectivity index (χ0n) is 13.1. The third kappa shape index (κ3) is 4.11. The minimum Gasteiger partial charge on any atom is -0.437 e. The lowest BCUT2D eigenvalue weighted by molar-refractivity contribution is -0.384. The summed E-state index contributed by atoms with van der Waals surface area (Å²) in [5, 5.41) is 10.7. The molecule has 2 aromatic carbocycles. The van der Waals surface area contributed by atoms with Crippen LogP contribution >= 0.6 is 0 Å². The van der Waals surface area contributed by atoms with E-state index in [0.717, 1.165) is 12.1 Å². The molecule has 0 aliphatic rings. The number of aromatic nitrogens is 2. The average molecular weight is 372 g/mol. The molecule has 0 saturated carbocycles. The number of non-ortho nitro benzene ring substituents is 1. The Bertz CT molecular complexity index is 1020. The number of benzene rings is 2. The van der Waals surface area contributed by atoms with E-state index in [1.807, 2.05) is 0 Å². The summed E-state index contributed by atoms with van der Waals surface area (Å²) >= 11 is 0. The highest BCUT2D eigenvalue weighted by molar-refractivity contribution is 7.92. The second-order valence-corrected chi connectivity index (χ2v) is 6.71. The topological polar surface area (TPSA) is 124 Å². The summed E-state index contributed by atoms with van der Waals surface area (Å²) in [5.74, 6) is 0.636. The minimum absolute atomic E-state index is 0.0941. The van der Waals surface area contributed by atoms with E-state index in [-0.39, 0.29) is 22.2 Å². The van der Waals surface area contributed by atoms with Crippen molar-refractivity contribution in [2.45, 2.75) is 4.90 Å². The number of hydrogen-bond acceptors (Lipinski definition) is 7. The number of nitrogens with one attached hydrogen (secondary N) is 1. The van der Waals surface area contributed by atoms with Crippen LogP contribution in [-0.2, 0) is 10.0 Å². The fourth-order valence-electron chi connectivity index (χ4n) is 2.04. The molecular formula is C16H12N4O5S. The van der Waals surface area contributed by atoms with E-state index in [9.17, 15) is 18.5 Å². The van der Waals surface area contributed by atoms with Gasteiger partial charge in [0.2, 0.25) is 5.88 Å². The van der Waals surface area contributed by atoms with E-state index < -0.39 is 14.9 Å². The van der Waals surface area contributed by atoms with Gasteiger partial charge in [0.25, 0.3) is 15.7 Å². The maximum absolute atomic E-state index is 12.4. The summed E-state index contributed by atoms with van der Waals surface area (Å²) in [7, 11) is -3.90. The van der Waals surface area contributed by atoms with Crippen molar-refractivity contribution < 1.29 is 18.1 Å². The van der Waals surface area contributed by atoms with Crippen molar-refractivity contribution in [3.05, 3.63) is 77.2 Å². The Morgan fingerprint density at radius 2 is 1.85 bits per heavy atom. The molecule has 26 heavy (non-hydrogen) atoms. The van der Waals surface area contributed by atoms with Crippen molar-refractivity contribution in [1.29, 1.82) is 0 Å². The lowest BCUT2D eigenvalue weighted by Crippen LogP contribution is -2.12. The van der Waals surface area contributed by atoms with Crippen LogP contribution in [0.15, 0.2) is 72.0 Å². The number of nitro groups is 1. The second kappa shape index (κ2) is 7.15. The molecule has 0 aliphatic carbocycles. The molecule has 0 spiro atoms. The number of nitrogens with zero attached hydrogens (tertiary/aromatic N) is 3. The molecule has 0 bridgehead atoms. The van der Waals surface area contributed by atoms with Crippen LogP contribution in [0.3, 0.4) is 0 Å². The Kier molecular flexibility index (Phi) is 4.76. The van der Waals surface area contributed by atoms with Crippen molar-refractivity contribution in [3.8, 4) is 11.6 Å². The van der Waals surface area contributed by atoms with Gasteiger partial charge in [-0.2, -0.15) is 0 Å². The molecule has 0 amide bonds. The maximum atomic E-state index is 12.4. The predicted molar refractivity (Wildman–Crippen MR) is 92.5 cm³/mol. The van der Waals surface area contributed by atoms with E-state index in [1.165, 1.54) is 36.8 Å². The Morgan fingerprint density at radius 1 is 1.08 bits per heavy atom. The summed E-state index contributed by atoms with van der Waals surface area (Å²) in [4.78, 5) is 17.8. The van der Waals surface area contributed by atoms with Gasteiger partial charge in [0.05, 0.1) is 21.7 Å². The molecule has 3 rings (SSSR count). The molecule has 1 N–H and O–H groups in total. The molecule has 9 nitrogen and oxygen atoms in total. The molecule has 0 unspecified atom stereocenters. The largest absolute Gasteiger partial charge is 0.437 e. The standard InChI is InChI=1S/C16H12N4O5S/c21-20(22)13-4-6-15(7-5-13)26(23,24)19-12-2-1-3-14(10-12)25-16-11-17-8-9-18-16/h1-11,19H. The fraction of sp³-hybridized carbons (Fsp3) is 0. The highest BCUT2D eigenvalue weighted by atomic mass is 32.2. The summed E-state index contributed by atoms with van der Waals surface area (Å²) < 4.78 is 32.7. The third-order valence-corrected chi connectivity index (χ3v) is 4.60. The third-order valence-electron chi connectivity index (χ3n) is 3.21. The number of ether oxygens (including phenoxy) is 1. The number of hydrogen-bond donors (Lipinski definition) is 1. The Labute approximate surface area is 148 Å². The van der Waals surface area contributed by atoms with Gasteiger partial charge in [-0.05, 0) is 24.3 Å². The zero-order valence-corrected chi connectivity index (χ0v) is 14.0. The predicted octanol–water partition coefficient (Wildman–Crippen LogP) is 2.98. The van der Waals surface area contributed by atoms with E-state index in [2.05, 4.69) is 14.7 Å². The maximum Gasteiger partial charge on any atom is 0.269 e. The van der Waals surface area contributed by atoms with Gasteiger partial charge in [-0.1, -0.05) is 6.07 Å². The highest BCUT2D eigenvalue weighted by Gasteiger charge is 2.16. The van der Waals surface area contributed by atoms with Gasteiger partial charge in [-0.15, -0.1) is 0 Å². The number of rotatable bonds is 6. The Morgan fingerprint density at radius 3 is 2.50 bits per heavy atom. The Balaban J connectivity index is 1.79. The summed E-state index contributed by atoms with van der Waals surface area (Å²) in [6.45, 7) is 0. The van der Waals surface area contributed by atoms with Crippen molar-refractivity contribution in [3.63, 3.8) is 0 Å². The molecule has 1 aromatic heterocycles. The van der Waals surface area contributed by atoms with E-state index >= 15 is 0 Å². The highest BCUT2D eigenvalue weighted by Crippen LogP contribution is 2.24. The molecule has 3 aromatic rings. The molecule has 0 fully saturated rings. The average Bonchev–Trinajstić information content (AvgIpc) is 2.62. The zero-order chi connectivity index (χ0) is 18.6. The van der Waals surface area contributed by atoms with Gasteiger partial charge in [0.1, 0.15) is 5.75 Å². The van der Waals surface area contributed by atoms with Crippen molar-refractivity contribution >= 4 is 21.4 Å². The molecule has 10 heteroatoms. The van der Waals surface area contributed by atoms with Crippen molar-refractivity contribution in [2.24, 2.45) is 0 Å². The van der Waals surface area contributed by atoms with Gasteiger partial charge in [0.15, 0.2) is 0 Å². The smallest absolute Gasteiger partial charge is 0.269 e. The van der Waals surface area contributed by atoms with Crippen LogP contribution in [0.5, 0.6) is 11.6 Å². The summed E-state index contributed by atoms with van der Waals surface area (Å²) in [6, 6.07) is 10.9. The number of nitro benzene ring substituents is 1. The van der Waals surface area contributed by atoms with Crippen molar-refractivity contribution in [1.82, 2.24) is 9.97 Å². The first-order valence-electron chi connectivity index (χ1n) is 7.25. The van der Waals surface area contributed by atoms with Crippen LogP contribution in [0.2, 0.25) is 0 Å². The van der Waals surface area contributed by atoms with E-state index in [1.54, 1.807) is 18.2 Å². The summed E-state index contributed by atoms with van der Waals surface area (Å²) in [6.07, 6.45) is 4.39.